The fourth-order valence-corrected chi connectivity index (χ4v) is 3.58. The lowest BCUT2D eigenvalue weighted by Gasteiger charge is -2.37. The van der Waals surface area contributed by atoms with Gasteiger partial charge in [-0.05, 0) is 31.1 Å². The summed E-state index contributed by atoms with van der Waals surface area (Å²) < 4.78 is 5.39. The highest BCUT2D eigenvalue weighted by molar-refractivity contribution is 5.82. The van der Waals surface area contributed by atoms with E-state index >= 15 is 0 Å². The van der Waals surface area contributed by atoms with Crippen molar-refractivity contribution < 1.29 is 9.53 Å². The summed E-state index contributed by atoms with van der Waals surface area (Å²) in [4.78, 5) is 14.6. The van der Waals surface area contributed by atoms with Gasteiger partial charge in [0.05, 0.1) is 6.10 Å². The Morgan fingerprint density at radius 2 is 1.94 bits per heavy atom. The van der Waals surface area contributed by atoms with E-state index in [1.165, 1.54) is 6.42 Å². The molecule has 1 saturated carbocycles. The molecule has 104 valence electrons. The average molecular weight is 253 g/mol. The minimum absolute atomic E-state index is 0.278. The van der Waals surface area contributed by atoms with Crippen LogP contribution in [0.1, 0.15) is 39.5 Å². The average Bonchev–Trinajstić information content (AvgIpc) is 2.34. The largest absolute Gasteiger partial charge is 0.381 e. The van der Waals surface area contributed by atoms with Gasteiger partial charge in [-0.1, -0.05) is 13.8 Å². The molecule has 0 aromatic carbocycles. The summed E-state index contributed by atoms with van der Waals surface area (Å²) in [6, 6.07) is 0. The van der Waals surface area contributed by atoms with Gasteiger partial charge in [-0.3, -0.25) is 4.79 Å². The van der Waals surface area contributed by atoms with E-state index in [4.69, 9.17) is 4.74 Å². The lowest BCUT2D eigenvalue weighted by atomic mass is 9.74. The third-order valence-electron chi connectivity index (χ3n) is 4.75. The molecule has 0 N–H and O–H groups in total. The van der Waals surface area contributed by atoms with Crippen LogP contribution in [-0.4, -0.2) is 43.5 Å². The molecule has 3 unspecified atom stereocenters. The van der Waals surface area contributed by atoms with Crippen LogP contribution in [0.3, 0.4) is 0 Å². The SMILES string of the molecule is COC1CCN(CC2C(=O)CC(C)CC2C)CC1. The molecule has 0 aromatic rings. The highest BCUT2D eigenvalue weighted by Crippen LogP contribution is 2.32. The van der Waals surface area contributed by atoms with Crippen LogP contribution < -0.4 is 0 Å². The number of nitrogens with zero attached hydrogens (tertiary/aromatic N) is 1. The first-order chi connectivity index (χ1) is 8.60. The van der Waals surface area contributed by atoms with Crippen LogP contribution in [0.4, 0.5) is 0 Å². The van der Waals surface area contributed by atoms with Gasteiger partial charge >= 0.3 is 0 Å². The Balaban J connectivity index is 1.84. The van der Waals surface area contributed by atoms with E-state index in [0.29, 0.717) is 23.7 Å². The van der Waals surface area contributed by atoms with Gasteiger partial charge in [0.1, 0.15) is 5.78 Å². The lowest BCUT2D eigenvalue weighted by Crippen LogP contribution is -2.44. The Morgan fingerprint density at radius 3 is 2.50 bits per heavy atom. The maximum atomic E-state index is 12.2. The van der Waals surface area contributed by atoms with E-state index in [9.17, 15) is 4.79 Å². The minimum Gasteiger partial charge on any atom is -0.381 e. The molecule has 1 aliphatic carbocycles. The van der Waals surface area contributed by atoms with E-state index in [0.717, 1.165) is 38.9 Å². The van der Waals surface area contributed by atoms with Gasteiger partial charge in [0, 0.05) is 39.1 Å². The van der Waals surface area contributed by atoms with Crippen LogP contribution in [0.15, 0.2) is 0 Å². The third-order valence-corrected chi connectivity index (χ3v) is 4.75. The second-order valence-corrected chi connectivity index (χ2v) is 6.33. The van der Waals surface area contributed by atoms with Gasteiger partial charge in [-0.2, -0.15) is 0 Å². The summed E-state index contributed by atoms with van der Waals surface area (Å²) in [5.74, 6) is 1.92. The van der Waals surface area contributed by atoms with E-state index < -0.39 is 0 Å². The van der Waals surface area contributed by atoms with Crippen molar-refractivity contribution in [3.63, 3.8) is 0 Å². The van der Waals surface area contributed by atoms with Gasteiger partial charge in [0.25, 0.3) is 0 Å². The number of piperidine rings is 1. The lowest BCUT2D eigenvalue weighted by molar-refractivity contribution is -0.129. The predicted octanol–water partition coefficient (Wildman–Crippen LogP) is 2.35. The number of carbonyl (C=O) groups is 1. The number of methoxy groups -OCH3 is 1. The quantitative estimate of drug-likeness (QED) is 0.773. The Morgan fingerprint density at radius 1 is 1.28 bits per heavy atom. The van der Waals surface area contributed by atoms with E-state index in [-0.39, 0.29) is 5.92 Å². The molecule has 3 heteroatoms. The summed E-state index contributed by atoms with van der Waals surface area (Å²) in [5.41, 5.74) is 0. The minimum atomic E-state index is 0.278. The van der Waals surface area contributed by atoms with Crippen LogP contribution in [-0.2, 0) is 9.53 Å². The first-order valence-corrected chi connectivity index (χ1v) is 7.38. The zero-order chi connectivity index (χ0) is 13.1. The fourth-order valence-electron chi connectivity index (χ4n) is 3.58. The molecule has 0 spiro atoms. The van der Waals surface area contributed by atoms with Crippen molar-refractivity contribution in [2.24, 2.45) is 17.8 Å². The van der Waals surface area contributed by atoms with Crippen molar-refractivity contribution in [3.05, 3.63) is 0 Å². The van der Waals surface area contributed by atoms with Crippen molar-refractivity contribution in [1.82, 2.24) is 4.90 Å². The molecule has 2 aliphatic rings. The fraction of sp³-hybridized carbons (Fsp3) is 0.933. The number of hydrogen-bond donors (Lipinski definition) is 0. The first-order valence-electron chi connectivity index (χ1n) is 7.38. The normalized spacial score (nSPS) is 35.9. The zero-order valence-electron chi connectivity index (χ0n) is 12.0. The van der Waals surface area contributed by atoms with Gasteiger partial charge in [0.15, 0.2) is 0 Å². The molecule has 1 heterocycles. The van der Waals surface area contributed by atoms with Crippen LogP contribution in [0.5, 0.6) is 0 Å². The Bertz CT molecular complexity index is 284. The second kappa shape index (κ2) is 6.16. The molecule has 0 aromatic heterocycles. The van der Waals surface area contributed by atoms with Crippen LogP contribution in [0.2, 0.25) is 0 Å². The maximum Gasteiger partial charge on any atom is 0.137 e. The van der Waals surface area contributed by atoms with E-state index in [1.54, 1.807) is 7.11 Å². The molecule has 2 rings (SSSR count). The van der Waals surface area contributed by atoms with Crippen LogP contribution in [0, 0.1) is 17.8 Å². The van der Waals surface area contributed by atoms with Gasteiger partial charge in [-0.25, -0.2) is 0 Å². The van der Waals surface area contributed by atoms with Crippen molar-refractivity contribution >= 4 is 5.78 Å². The maximum absolute atomic E-state index is 12.2. The molecule has 0 bridgehead atoms. The summed E-state index contributed by atoms with van der Waals surface area (Å²) in [6.07, 6.45) is 4.67. The number of carbonyl (C=O) groups excluding carboxylic acids is 1. The van der Waals surface area contributed by atoms with Gasteiger partial charge < -0.3 is 9.64 Å². The van der Waals surface area contributed by atoms with Crippen molar-refractivity contribution in [1.29, 1.82) is 0 Å². The van der Waals surface area contributed by atoms with Crippen molar-refractivity contribution in [3.8, 4) is 0 Å². The Labute approximate surface area is 111 Å². The van der Waals surface area contributed by atoms with E-state index in [2.05, 4.69) is 18.7 Å². The van der Waals surface area contributed by atoms with Crippen LogP contribution >= 0.6 is 0 Å². The summed E-state index contributed by atoms with van der Waals surface area (Å²) >= 11 is 0. The molecule has 1 aliphatic heterocycles. The number of rotatable bonds is 3. The smallest absolute Gasteiger partial charge is 0.137 e. The highest BCUT2D eigenvalue weighted by Gasteiger charge is 2.34. The Kier molecular flexibility index (Phi) is 4.79. The number of ether oxygens (including phenoxy) is 1. The van der Waals surface area contributed by atoms with Gasteiger partial charge in [0.2, 0.25) is 0 Å². The first kappa shape index (κ1) is 14.0. The molecule has 0 amide bonds. The molecule has 3 nitrogen and oxygen atoms in total. The molecule has 2 fully saturated rings. The predicted molar refractivity (Wildman–Crippen MR) is 72.5 cm³/mol. The molecule has 18 heavy (non-hydrogen) atoms. The van der Waals surface area contributed by atoms with Crippen molar-refractivity contribution in [2.45, 2.75) is 45.6 Å². The number of likely N-dealkylation sites (tertiary alicyclic amines) is 1. The summed E-state index contributed by atoms with van der Waals surface area (Å²) in [5, 5.41) is 0. The second-order valence-electron chi connectivity index (χ2n) is 6.33. The standard InChI is InChI=1S/C15H27NO2/c1-11-8-12(2)14(15(17)9-11)10-16-6-4-13(18-3)5-7-16/h11-14H,4-10H2,1-3H3. The molecule has 3 atom stereocenters. The number of Topliss-reactive ketones (excluding diaryl/α,β-unsaturated/α-hetero) is 1. The van der Waals surface area contributed by atoms with Crippen molar-refractivity contribution in [2.75, 3.05) is 26.7 Å². The Hall–Kier alpha value is -0.410. The molecular weight excluding hydrogens is 226 g/mol. The number of hydrogen-bond acceptors (Lipinski definition) is 3. The van der Waals surface area contributed by atoms with E-state index in [1.807, 2.05) is 0 Å². The topological polar surface area (TPSA) is 29.5 Å². The van der Waals surface area contributed by atoms with Gasteiger partial charge in [-0.15, -0.1) is 0 Å². The molecular formula is C15H27NO2. The molecule has 0 radical (unpaired) electrons. The third kappa shape index (κ3) is 3.33. The number of ketones is 1. The summed E-state index contributed by atoms with van der Waals surface area (Å²) in [7, 11) is 1.80. The highest BCUT2D eigenvalue weighted by atomic mass is 16.5. The van der Waals surface area contributed by atoms with Crippen LogP contribution in [0.25, 0.3) is 0 Å². The summed E-state index contributed by atoms with van der Waals surface area (Å²) in [6.45, 7) is 7.60. The molecule has 1 saturated heterocycles. The zero-order valence-corrected chi connectivity index (χ0v) is 12.0. The monoisotopic (exact) mass is 253 g/mol.